The Kier molecular flexibility index (Phi) is 6.45. The van der Waals surface area contributed by atoms with Gasteiger partial charge in [0, 0.05) is 11.0 Å². The number of benzene rings is 1. The van der Waals surface area contributed by atoms with Gasteiger partial charge in [0.15, 0.2) is 12.4 Å². The van der Waals surface area contributed by atoms with Gasteiger partial charge in [0.25, 0.3) is 5.91 Å². The normalized spacial score (nSPS) is 29.1. The number of ketones is 1. The molecule has 4 saturated carbocycles. The molecule has 0 unspecified atom stereocenters. The molecule has 0 saturated heterocycles. The molecule has 4 bridgehead atoms. The fraction of sp³-hybridized carbons (Fsp3) is 0.679. The summed E-state index contributed by atoms with van der Waals surface area (Å²) < 4.78 is 5.51. The first-order chi connectivity index (χ1) is 15.5. The molecule has 5 rings (SSSR count). The van der Waals surface area contributed by atoms with E-state index in [4.69, 9.17) is 4.74 Å². The van der Waals surface area contributed by atoms with Gasteiger partial charge in [-0.2, -0.15) is 0 Å². The number of hydrogen-bond acceptors (Lipinski definition) is 4. The van der Waals surface area contributed by atoms with Gasteiger partial charge in [-0.1, -0.05) is 46.8 Å². The van der Waals surface area contributed by atoms with Gasteiger partial charge in [0.2, 0.25) is 0 Å². The second-order valence-corrected chi connectivity index (χ2v) is 12.3. The Morgan fingerprint density at radius 1 is 0.970 bits per heavy atom. The topological polar surface area (TPSA) is 72.5 Å². The van der Waals surface area contributed by atoms with Crippen molar-refractivity contribution in [3.05, 3.63) is 35.4 Å². The van der Waals surface area contributed by atoms with Crippen molar-refractivity contribution < 1.29 is 19.1 Å². The second-order valence-electron chi connectivity index (χ2n) is 12.3. The van der Waals surface area contributed by atoms with E-state index in [1.54, 1.807) is 12.1 Å². The minimum atomic E-state index is -0.788. The maximum absolute atomic E-state index is 13.2. The Morgan fingerprint density at radius 3 is 1.94 bits per heavy atom. The average molecular weight is 454 g/mol. The number of Topliss-reactive ketones (excluding diaryl/α,β-unsaturated/α-hetero) is 1. The fourth-order valence-electron chi connectivity index (χ4n) is 6.68. The highest BCUT2D eigenvalue weighted by Crippen LogP contribution is 2.60. The monoisotopic (exact) mass is 453 g/mol. The maximum Gasteiger partial charge on any atom is 0.329 e. The molecule has 5 nitrogen and oxygen atoms in total. The van der Waals surface area contributed by atoms with Crippen LogP contribution in [-0.4, -0.2) is 30.3 Å². The lowest BCUT2D eigenvalue weighted by atomic mass is 9.48. The first-order valence-corrected chi connectivity index (χ1v) is 12.6. The first-order valence-electron chi connectivity index (χ1n) is 12.6. The predicted molar refractivity (Wildman–Crippen MR) is 128 cm³/mol. The predicted octanol–water partition coefficient (Wildman–Crippen LogP) is 5.07. The number of ether oxygens (including phenoxy) is 1. The molecule has 4 aliphatic rings. The molecule has 180 valence electrons. The highest BCUT2D eigenvalue weighted by molar-refractivity contribution is 5.97. The van der Waals surface area contributed by atoms with Gasteiger partial charge in [-0.3, -0.25) is 9.59 Å². The van der Waals surface area contributed by atoms with Gasteiger partial charge in [0.1, 0.15) is 6.04 Å². The summed E-state index contributed by atoms with van der Waals surface area (Å²) in [5, 5.41) is 2.83. The zero-order valence-electron chi connectivity index (χ0n) is 20.8. The van der Waals surface area contributed by atoms with Crippen LogP contribution in [0.3, 0.4) is 0 Å². The second kappa shape index (κ2) is 8.88. The molecule has 1 aromatic carbocycles. The van der Waals surface area contributed by atoms with Crippen LogP contribution in [0.15, 0.2) is 24.3 Å². The molecule has 1 amide bonds. The van der Waals surface area contributed by atoms with E-state index in [9.17, 15) is 14.4 Å². The SMILES string of the molecule is CC(C)[C@H](NC(=O)c1ccc(C(C)(C)C)cc1)C(=O)OCC(=O)C12CC3CC(CC(C3)C1)C2. The van der Waals surface area contributed by atoms with Crippen LogP contribution in [0.25, 0.3) is 0 Å². The summed E-state index contributed by atoms with van der Waals surface area (Å²) in [6.07, 6.45) is 6.69. The maximum atomic E-state index is 13.2. The van der Waals surface area contributed by atoms with Crippen LogP contribution in [0.2, 0.25) is 0 Å². The number of amides is 1. The molecule has 1 aromatic rings. The Hall–Kier alpha value is -2.17. The number of carbonyl (C=O) groups excluding carboxylic acids is 3. The number of esters is 1. The van der Waals surface area contributed by atoms with Gasteiger partial charge in [-0.05, 0) is 85.3 Å². The van der Waals surface area contributed by atoms with E-state index >= 15 is 0 Å². The highest BCUT2D eigenvalue weighted by Gasteiger charge is 2.54. The molecule has 33 heavy (non-hydrogen) atoms. The molecule has 4 fully saturated rings. The van der Waals surface area contributed by atoms with E-state index in [0.29, 0.717) is 23.3 Å². The number of nitrogens with one attached hydrogen (secondary N) is 1. The van der Waals surface area contributed by atoms with E-state index in [1.165, 1.54) is 19.3 Å². The van der Waals surface area contributed by atoms with Crippen molar-refractivity contribution in [2.45, 2.75) is 84.6 Å². The molecular weight excluding hydrogens is 414 g/mol. The third kappa shape index (κ3) is 5.02. The number of carbonyl (C=O) groups is 3. The van der Waals surface area contributed by atoms with Crippen molar-refractivity contribution >= 4 is 17.7 Å². The lowest BCUT2D eigenvalue weighted by molar-refractivity contribution is -0.159. The fourth-order valence-corrected chi connectivity index (χ4v) is 6.68. The van der Waals surface area contributed by atoms with Crippen molar-refractivity contribution in [1.82, 2.24) is 5.32 Å². The summed E-state index contributed by atoms with van der Waals surface area (Å²) in [6, 6.07) is 6.68. The quantitative estimate of drug-likeness (QED) is 0.585. The van der Waals surface area contributed by atoms with Gasteiger partial charge in [-0.25, -0.2) is 4.79 Å². The smallest absolute Gasteiger partial charge is 0.329 e. The minimum absolute atomic E-state index is 0.00249. The van der Waals surface area contributed by atoms with Gasteiger partial charge < -0.3 is 10.1 Å². The molecule has 5 heteroatoms. The van der Waals surface area contributed by atoms with Crippen LogP contribution in [-0.2, 0) is 19.7 Å². The van der Waals surface area contributed by atoms with Crippen molar-refractivity contribution in [2.24, 2.45) is 29.1 Å². The van der Waals surface area contributed by atoms with Gasteiger partial charge >= 0.3 is 5.97 Å². The summed E-state index contributed by atoms with van der Waals surface area (Å²) in [7, 11) is 0. The van der Waals surface area contributed by atoms with Crippen LogP contribution in [0.5, 0.6) is 0 Å². The molecule has 1 atom stereocenters. The van der Waals surface area contributed by atoms with Crippen molar-refractivity contribution in [3.8, 4) is 0 Å². The summed E-state index contributed by atoms with van der Waals surface area (Å²) in [4.78, 5) is 38.9. The highest BCUT2D eigenvalue weighted by atomic mass is 16.5. The molecule has 0 aliphatic heterocycles. The van der Waals surface area contributed by atoms with Crippen molar-refractivity contribution in [2.75, 3.05) is 6.61 Å². The van der Waals surface area contributed by atoms with E-state index in [0.717, 1.165) is 24.8 Å². The van der Waals surface area contributed by atoms with Gasteiger partial charge in [-0.15, -0.1) is 0 Å². The Labute approximate surface area is 198 Å². The number of rotatable bonds is 7. The zero-order valence-corrected chi connectivity index (χ0v) is 20.8. The Morgan fingerprint density at radius 2 is 1.48 bits per heavy atom. The third-order valence-corrected chi connectivity index (χ3v) is 8.20. The van der Waals surface area contributed by atoms with Crippen LogP contribution < -0.4 is 5.32 Å². The van der Waals surface area contributed by atoms with Crippen LogP contribution in [0.1, 0.15) is 89.1 Å². The molecule has 0 radical (unpaired) electrons. The first kappa shape index (κ1) is 24.0. The van der Waals surface area contributed by atoms with Crippen molar-refractivity contribution in [3.63, 3.8) is 0 Å². The third-order valence-electron chi connectivity index (χ3n) is 8.20. The van der Waals surface area contributed by atoms with E-state index < -0.39 is 12.0 Å². The summed E-state index contributed by atoms with van der Waals surface area (Å²) >= 11 is 0. The minimum Gasteiger partial charge on any atom is -0.456 e. The lowest BCUT2D eigenvalue weighted by Crippen LogP contribution is -2.51. The molecule has 0 spiro atoms. The van der Waals surface area contributed by atoms with Crippen LogP contribution in [0, 0.1) is 29.1 Å². The molecule has 1 N–H and O–H groups in total. The summed E-state index contributed by atoms with van der Waals surface area (Å²) in [5.74, 6) is 1.11. The van der Waals surface area contributed by atoms with Crippen LogP contribution in [0.4, 0.5) is 0 Å². The van der Waals surface area contributed by atoms with Gasteiger partial charge in [0.05, 0.1) is 0 Å². The van der Waals surface area contributed by atoms with E-state index in [2.05, 4.69) is 26.1 Å². The van der Waals surface area contributed by atoms with E-state index in [-0.39, 0.29) is 35.0 Å². The average Bonchev–Trinajstić information content (AvgIpc) is 2.73. The summed E-state index contributed by atoms with van der Waals surface area (Å²) in [6.45, 7) is 9.93. The number of hydrogen-bond donors (Lipinski definition) is 1. The molecular formula is C28H39NO4. The Balaban J connectivity index is 1.35. The lowest BCUT2D eigenvalue weighted by Gasteiger charge is -2.55. The van der Waals surface area contributed by atoms with E-state index in [1.807, 2.05) is 26.0 Å². The zero-order chi connectivity index (χ0) is 24.0. The molecule has 0 heterocycles. The summed E-state index contributed by atoms with van der Waals surface area (Å²) in [5.41, 5.74) is 1.37. The molecule has 0 aromatic heterocycles. The standard InChI is InChI=1S/C28H39NO4/c1-17(2)24(29-25(31)21-6-8-22(9-7-21)27(3,4)5)26(32)33-16-23(30)28-13-18-10-19(14-28)12-20(11-18)15-28/h6-9,17-20,24H,10-16H2,1-5H3,(H,29,31)/t18?,19?,20?,24-,28?/m0/s1. The Bertz CT molecular complexity index is 874. The molecule has 4 aliphatic carbocycles. The van der Waals surface area contributed by atoms with Crippen LogP contribution >= 0.6 is 0 Å². The van der Waals surface area contributed by atoms with Crippen molar-refractivity contribution in [1.29, 1.82) is 0 Å². The largest absolute Gasteiger partial charge is 0.456 e.